The molecule has 0 saturated carbocycles. The van der Waals surface area contributed by atoms with E-state index >= 15 is 0 Å². The van der Waals surface area contributed by atoms with Crippen molar-refractivity contribution in [2.75, 3.05) is 13.1 Å². The second-order valence-corrected chi connectivity index (χ2v) is 7.56. The van der Waals surface area contributed by atoms with Gasteiger partial charge in [0.25, 0.3) is 5.91 Å². The highest BCUT2D eigenvalue weighted by Gasteiger charge is 2.50. The molecule has 3 rings (SSSR count). The molecule has 2 aliphatic heterocycles. The first-order valence-electron chi connectivity index (χ1n) is 8.90. The Hall–Kier alpha value is -1.85. The Balaban J connectivity index is 1.87. The zero-order chi connectivity index (χ0) is 17.5. The highest BCUT2D eigenvalue weighted by molar-refractivity contribution is 5.92. The van der Waals surface area contributed by atoms with E-state index < -0.39 is 0 Å². The molecular weight excluding hydrogens is 306 g/mol. The van der Waals surface area contributed by atoms with Crippen molar-refractivity contribution in [1.82, 2.24) is 15.0 Å². The Kier molecular flexibility index (Phi) is 4.40. The van der Waals surface area contributed by atoms with Gasteiger partial charge in [0.15, 0.2) is 0 Å². The summed E-state index contributed by atoms with van der Waals surface area (Å²) in [7, 11) is 0. The standard InChI is InChI=1S/C18H27N3O3/c1-12(2)14-11-15(24-19-14)17(23)20-9-6-8-18(4)16(20)7-5-10-21(18)13(3)22/h11-12,16H,5-10H2,1-4H3/t16-,18-/m0/s1. The van der Waals surface area contributed by atoms with Gasteiger partial charge in [0.2, 0.25) is 11.7 Å². The van der Waals surface area contributed by atoms with Crippen LogP contribution in [0.2, 0.25) is 0 Å². The van der Waals surface area contributed by atoms with E-state index in [-0.39, 0.29) is 29.3 Å². The molecule has 0 radical (unpaired) electrons. The molecular formula is C18H27N3O3. The number of amides is 2. The van der Waals surface area contributed by atoms with Gasteiger partial charge in [-0.1, -0.05) is 19.0 Å². The summed E-state index contributed by atoms with van der Waals surface area (Å²) >= 11 is 0. The van der Waals surface area contributed by atoms with Gasteiger partial charge in [-0.3, -0.25) is 9.59 Å². The van der Waals surface area contributed by atoms with E-state index in [0.29, 0.717) is 12.3 Å². The minimum Gasteiger partial charge on any atom is -0.351 e. The number of fused-ring (bicyclic) bond motifs is 1. The lowest BCUT2D eigenvalue weighted by atomic mass is 9.76. The smallest absolute Gasteiger partial charge is 0.292 e. The largest absolute Gasteiger partial charge is 0.351 e. The van der Waals surface area contributed by atoms with Crippen LogP contribution in [0.15, 0.2) is 10.6 Å². The first-order valence-corrected chi connectivity index (χ1v) is 8.90. The third kappa shape index (κ3) is 2.72. The Morgan fingerprint density at radius 3 is 2.71 bits per heavy atom. The van der Waals surface area contributed by atoms with Gasteiger partial charge < -0.3 is 14.3 Å². The molecule has 0 aromatic carbocycles. The highest BCUT2D eigenvalue weighted by atomic mass is 16.5. The molecule has 6 nitrogen and oxygen atoms in total. The van der Waals surface area contributed by atoms with Gasteiger partial charge in [-0.15, -0.1) is 0 Å². The fourth-order valence-corrected chi connectivity index (χ4v) is 4.31. The molecule has 0 spiro atoms. The van der Waals surface area contributed by atoms with E-state index in [0.717, 1.165) is 37.9 Å². The molecule has 2 fully saturated rings. The van der Waals surface area contributed by atoms with Crippen LogP contribution >= 0.6 is 0 Å². The molecule has 2 aliphatic rings. The number of hydrogen-bond acceptors (Lipinski definition) is 4. The van der Waals surface area contributed by atoms with Crippen LogP contribution in [0.3, 0.4) is 0 Å². The molecule has 24 heavy (non-hydrogen) atoms. The Bertz CT molecular complexity index is 639. The van der Waals surface area contributed by atoms with Gasteiger partial charge in [0, 0.05) is 26.1 Å². The van der Waals surface area contributed by atoms with Crippen molar-refractivity contribution in [3.63, 3.8) is 0 Å². The van der Waals surface area contributed by atoms with Crippen molar-refractivity contribution in [3.8, 4) is 0 Å². The molecule has 6 heteroatoms. The number of carbonyl (C=O) groups is 2. The lowest BCUT2D eigenvalue weighted by molar-refractivity contribution is -0.143. The van der Waals surface area contributed by atoms with Gasteiger partial charge in [-0.2, -0.15) is 0 Å². The topological polar surface area (TPSA) is 66.7 Å². The molecule has 2 atom stereocenters. The van der Waals surface area contributed by atoms with Gasteiger partial charge in [-0.05, 0) is 38.5 Å². The second kappa shape index (κ2) is 6.22. The zero-order valence-electron chi connectivity index (χ0n) is 15.0. The summed E-state index contributed by atoms with van der Waals surface area (Å²) < 4.78 is 5.31. The van der Waals surface area contributed by atoms with E-state index in [1.54, 1.807) is 13.0 Å². The van der Waals surface area contributed by atoms with E-state index in [1.165, 1.54) is 0 Å². The molecule has 3 heterocycles. The summed E-state index contributed by atoms with van der Waals surface area (Å²) in [5.41, 5.74) is 0.519. The van der Waals surface area contributed by atoms with Crippen LogP contribution in [0.1, 0.15) is 75.5 Å². The van der Waals surface area contributed by atoms with Crippen molar-refractivity contribution in [2.24, 2.45) is 0 Å². The lowest BCUT2D eigenvalue weighted by Crippen LogP contribution is -2.67. The van der Waals surface area contributed by atoms with Gasteiger partial charge >= 0.3 is 0 Å². The number of piperidine rings is 2. The first kappa shape index (κ1) is 17.0. The predicted octanol–water partition coefficient (Wildman–Crippen LogP) is 2.80. The predicted molar refractivity (Wildman–Crippen MR) is 89.7 cm³/mol. The van der Waals surface area contributed by atoms with Crippen molar-refractivity contribution in [2.45, 2.75) is 70.9 Å². The van der Waals surface area contributed by atoms with Crippen molar-refractivity contribution in [3.05, 3.63) is 17.5 Å². The molecule has 1 aromatic heterocycles. The SMILES string of the molecule is CC(=O)N1CCC[C@@H]2N(C(=O)c3cc(C(C)C)no3)CCC[C@@]21C. The Morgan fingerprint density at radius 1 is 1.33 bits per heavy atom. The number of nitrogens with zero attached hydrogens (tertiary/aromatic N) is 3. The molecule has 2 saturated heterocycles. The number of hydrogen-bond donors (Lipinski definition) is 0. The minimum atomic E-state index is -0.279. The van der Waals surface area contributed by atoms with Crippen LogP contribution in [0.25, 0.3) is 0 Å². The minimum absolute atomic E-state index is 0.0454. The summed E-state index contributed by atoms with van der Waals surface area (Å²) in [6.07, 6.45) is 3.69. The van der Waals surface area contributed by atoms with Crippen molar-refractivity contribution in [1.29, 1.82) is 0 Å². The van der Waals surface area contributed by atoms with E-state index in [9.17, 15) is 9.59 Å². The van der Waals surface area contributed by atoms with Crippen LogP contribution in [-0.4, -0.2) is 51.4 Å². The molecule has 1 aromatic rings. The molecule has 132 valence electrons. The molecule has 0 N–H and O–H groups in total. The number of aromatic nitrogens is 1. The van der Waals surface area contributed by atoms with Gasteiger partial charge in [0.1, 0.15) is 0 Å². The van der Waals surface area contributed by atoms with Gasteiger partial charge in [0.05, 0.1) is 17.3 Å². The monoisotopic (exact) mass is 333 g/mol. The first-order chi connectivity index (χ1) is 11.3. The average Bonchev–Trinajstić information content (AvgIpc) is 3.02. The van der Waals surface area contributed by atoms with Crippen LogP contribution in [-0.2, 0) is 4.79 Å². The summed E-state index contributed by atoms with van der Waals surface area (Å²) in [4.78, 5) is 28.9. The van der Waals surface area contributed by atoms with Gasteiger partial charge in [-0.25, -0.2) is 0 Å². The number of carbonyl (C=O) groups excluding carboxylic acids is 2. The van der Waals surface area contributed by atoms with Crippen molar-refractivity contribution < 1.29 is 14.1 Å². The summed E-state index contributed by atoms with van der Waals surface area (Å²) in [5, 5.41) is 4.01. The van der Waals surface area contributed by atoms with Crippen LogP contribution in [0, 0.1) is 0 Å². The van der Waals surface area contributed by atoms with E-state index in [1.807, 2.05) is 23.6 Å². The Labute approximate surface area is 143 Å². The van der Waals surface area contributed by atoms with Crippen LogP contribution in [0.5, 0.6) is 0 Å². The number of likely N-dealkylation sites (tertiary alicyclic amines) is 2. The summed E-state index contributed by atoms with van der Waals surface area (Å²) in [6, 6.07) is 1.80. The summed E-state index contributed by atoms with van der Waals surface area (Å²) in [6.45, 7) is 9.29. The third-order valence-corrected chi connectivity index (χ3v) is 5.62. The van der Waals surface area contributed by atoms with Crippen LogP contribution in [0.4, 0.5) is 0 Å². The molecule has 0 unspecified atom stereocenters. The fourth-order valence-electron chi connectivity index (χ4n) is 4.31. The van der Waals surface area contributed by atoms with E-state index in [4.69, 9.17) is 4.52 Å². The zero-order valence-corrected chi connectivity index (χ0v) is 15.0. The Morgan fingerprint density at radius 2 is 2.08 bits per heavy atom. The maximum absolute atomic E-state index is 13.0. The average molecular weight is 333 g/mol. The summed E-state index contributed by atoms with van der Waals surface area (Å²) in [5.74, 6) is 0.529. The van der Waals surface area contributed by atoms with Crippen molar-refractivity contribution >= 4 is 11.8 Å². The fraction of sp³-hybridized carbons (Fsp3) is 0.722. The second-order valence-electron chi connectivity index (χ2n) is 7.56. The maximum atomic E-state index is 13.0. The molecule has 0 bridgehead atoms. The third-order valence-electron chi connectivity index (χ3n) is 5.62. The lowest BCUT2D eigenvalue weighted by Gasteiger charge is -2.56. The quantitative estimate of drug-likeness (QED) is 0.835. The normalized spacial score (nSPS) is 27.3. The number of rotatable bonds is 2. The molecule has 0 aliphatic carbocycles. The van der Waals surface area contributed by atoms with E-state index in [2.05, 4.69) is 12.1 Å². The molecule has 2 amide bonds. The highest BCUT2D eigenvalue weighted by Crippen LogP contribution is 2.39. The maximum Gasteiger partial charge on any atom is 0.292 e. The van der Waals surface area contributed by atoms with Crippen LogP contribution < -0.4 is 0 Å².